The highest BCUT2D eigenvalue weighted by Crippen LogP contribution is 2.17. The molecule has 0 amide bonds. The van der Waals surface area contributed by atoms with Crippen molar-refractivity contribution in [3.63, 3.8) is 0 Å². The fourth-order valence-electron chi connectivity index (χ4n) is 2.85. The fraction of sp³-hybridized carbons (Fsp3) is 0.600. The van der Waals surface area contributed by atoms with Crippen LogP contribution in [0.15, 0.2) is 29.3 Å². The summed E-state index contributed by atoms with van der Waals surface area (Å²) in [4.78, 5) is 5.80. The molecule has 1 rings (SSSR count). The number of halogens is 1. The Bertz CT molecular complexity index is 542. The van der Waals surface area contributed by atoms with Crippen molar-refractivity contribution in [3.8, 4) is 0 Å². The number of guanidine groups is 2. The third-order valence-corrected chi connectivity index (χ3v) is 4.59. The summed E-state index contributed by atoms with van der Waals surface area (Å²) in [6.07, 6.45) is 12.8. The molecule has 0 spiro atoms. The maximum Gasteiger partial charge on any atom is 0.202 e. The molecule has 146 valence electrons. The van der Waals surface area contributed by atoms with Crippen molar-refractivity contribution in [1.29, 1.82) is 5.41 Å². The minimum Gasteiger partial charge on any atom is -0.369 e. The zero-order valence-electron chi connectivity index (χ0n) is 16.0. The Kier molecular flexibility index (Phi) is 11.5. The SMILES string of the molecule is CCCCCCCCCCCCN=C(N)N(C(=N)N)c1ccc(Cl)cc1. The van der Waals surface area contributed by atoms with Crippen LogP contribution in [0.2, 0.25) is 5.02 Å². The van der Waals surface area contributed by atoms with E-state index in [0.717, 1.165) is 12.8 Å². The molecule has 0 aliphatic heterocycles. The number of hydrogen-bond donors (Lipinski definition) is 3. The molecule has 0 saturated carbocycles. The third-order valence-electron chi connectivity index (χ3n) is 4.34. The number of unbranched alkanes of at least 4 members (excludes halogenated alkanes) is 9. The van der Waals surface area contributed by atoms with Gasteiger partial charge in [0.2, 0.25) is 5.96 Å². The van der Waals surface area contributed by atoms with E-state index in [0.29, 0.717) is 17.3 Å². The molecule has 0 atom stereocenters. The first-order valence-electron chi connectivity index (χ1n) is 9.76. The van der Waals surface area contributed by atoms with Gasteiger partial charge in [0.1, 0.15) is 0 Å². The monoisotopic (exact) mass is 379 g/mol. The molecule has 0 fully saturated rings. The van der Waals surface area contributed by atoms with E-state index in [1.54, 1.807) is 24.3 Å². The molecule has 6 heteroatoms. The van der Waals surface area contributed by atoms with Crippen LogP contribution in [-0.2, 0) is 0 Å². The van der Waals surface area contributed by atoms with Gasteiger partial charge in [-0.25, -0.2) is 0 Å². The molecule has 0 radical (unpaired) electrons. The maximum absolute atomic E-state index is 7.74. The van der Waals surface area contributed by atoms with Gasteiger partial charge >= 0.3 is 0 Å². The number of nitrogens with one attached hydrogen (secondary N) is 1. The number of hydrogen-bond acceptors (Lipinski definition) is 2. The molecule has 0 unspecified atom stereocenters. The van der Waals surface area contributed by atoms with Crippen molar-refractivity contribution < 1.29 is 0 Å². The molecule has 0 bridgehead atoms. The molecular weight excluding hydrogens is 346 g/mol. The van der Waals surface area contributed by atoms with Crippen molar-refractivity contribution in [2.24, 2.45) is 16.5 Å². The van der Waals surface area contributed by atoms with Gasteiger partial charge in [-0.1, -0.05) is 76.3 Å². The molecule has 5 nitrogen and oxygen atoms in total. The average molecular weight is 380 g/mol. The van der Waals surface area contributed by atoms with E-state index in [1.807, 2.05) is 0 Å². The van der Waals surface area contributed by atoms with Gasteiger partial charge in [0.15, 0.2) is 5.96 Å². The van der Waals surface area contributed by atoms with E-state index in [-0.39, 0.29) is 11.9 Å². The van der Waals surface area contributed by atoms with Crippen LogP contribution < -0.4 is 16.4 Å². The third kappa shape index (κ3) is 9.09. The lowest BCUT2D eigenvalue weighted by Gasteiger charge is -2.21. The Hall–Kier alpha value is -1.75. The van der Waals surface area contributed by atoms with E-state index in [2.05, 4.69) is 11.9 Å². The van der Waals surface area contributed by atoms with Crippen LogP contribution in [0.1, 0.15) is 71.1 Å². The summed E-state index contributed by atoms with van der Waals surface area (Å²) >= 11 is 5.90. The van der Waals surface area contributed by atoms with Gasteiger partial charge in [-0.15, -0.1) is 0 Å². The lowest BCUT2D eigenvalue weighted by molar-refractivity contribution is 0.558. The largest absolute Gasteiger partial charge is 0.369 e. The maximum atomic E-state index is 7.74. The van der Waals surface area contributed by atoms with Crippen LogP contribution in [0.5, 0.6) is 0 Å². The highest BCUT2D eigenvalue weighted by atomic mass is 35.5. The summed E-state index contributed by atoms with van der Waals surface area (Å²) in [7, 11) is 0. The minimum atomic E-state index is -0.156. The summed E-state index contributed by atoms with van der Waals surface area (Å²) in [6.45, 7) is 2.90. The van der Waals surface area contributed by atoms with Crippen LogP contribution in [0.4, 0.5) is 5.69 Å². The van der Waals surface area contributed by atoms with E-state index >= 15 is 0 Å². The van der Waals surface area contributed by atoms with Crippen LogP contribution in [-0.4, -0.2) is 18.5 Å². The summed E-state index contributed by atoms with van der Waals surface area (Å²) in [5, 5.41) is 8.36. The first-order valence-corrected chi connectivity index (χ1v) is 10.1. The number of nitrogens with zero attached hydrogens (tertiary/aromatic N) is 2. The van der Waals surface area contributed by atoms with Crippen LogP contribution in [0.25, 0.3) is 0 Å². The van der Waals surface area contributed by atoms with Gasteiger partial charge in [-0.3, -0.25) is 15.3 Å². The lowest BCUT2D eigenvalue weighted by atomic mass is 10.1. The van der Waals surface area contributed by atoms with Crippen molar-refractivity contribution in [1.82, 2.24) is 0 Å². The molecule has 5 N–H and O–H groups in total. The highest BCUT2D eigenvalue weighted by Gasteiger charge is 2.13. The predicted molar refractivity (Wildman–Crippen MR) is 114 cm³/mol. The molecular formula is C20H34ClN5. The zero-order valence-corrected chi connectivity index (χ0v) is 16.8. The summed E-state index contributed by atoms with van der Waals surface area (Å²) < 4.78 is 0. The molecule has 0 aliphatic rings. The quantitative estimate of drug-likeness (QED) is 0.262. The second-order valence-corrected chi connectivity index (χ2v) is 7.06. The van der Waals surface area contributed by atoms with Gasteiger partial charge in [0.05, 0.1) is 5.69 Å². The zero-order chi connectivity index (χ0) is 19.2. The molecule has 0 aliphatic carbocycles. The number of aliphatic imine (C=N–C) groups is 1. The molecule has 26 heavy (non-hydrogen) atoms. The average Bonchev–Trinajstić information content (AvgIpc) is 2.61. The predicted octanol–water partition coefficient (Wildman–Crippen LogP) is 5.28. The summed E-state index contributed by atoms with van der Waals surface area (Å²) in [5.41, 5.74) is 12.4. The van der Waals surface area contributed by atoms with Gasteiger partial charge in [-0.2, -0.15) is 0 Å². The van der Waals surface area contributed by atoms with Gasteiger partial charge < -0.3 is 11.5 Å². The second-order valence-electron chi connectivity index (χ2n) is 6.62. The minimum absolute atomic E-state index is 0.156. The van der Waals surface area contributed by atoms with Gasteiger partial charge in [0.25, 0.3) is 0 Å². The van der Waals surface area contributed by atoms with E-state index in [4.69, 9.17) is 28.5 Å². The van der Waals surface area contributed by atoms with Crippen LogP contribution in [0, 0.1) is 5.41 Å². The molecule has 1 aromatic rings. The Balaban J connectivity index is 2.26. The number of anilines is 1. The normalized spacial score (nSPS) is 11.5. The first kappa shape index (κ1) is 22.3. The standard InChI is InChI=1S/C20H34ClN5/c1-2-3-4-5-6-7-8-9-10-11-16-25-20(24)26(19(22)23)18-14-12-17(21)13-15-18/h12-15H,2-11,16H2,1H3,(H3,22,23)(H2,24,25). The van der Waals surface area contributed by atoms with Crippen molar-refractivity contribution in [3.05, 3.63) is 29.3 Å². The Morgan fingerprint density at radius 2 is 1.42 bits per heavy atom. The topological polar surface area (TPSA) is 91.5 Å². The van der Waals surface area contributed by atoms with Gasteiger partial charge in [-0.05, 0) is 30.7 Å². The number of nitrogens with two attached hydrogens (primary N) is 2. The Morgan fingerprint density at radius 1 is 0.923 bits per heavy atom. The van der Waals surface area contributed by atoms with Crippen LogP contribution in [0.3, 0.4) is 0 Å². The van der Waals surface area contributed by atoms with E-state index in [1.165, 1.54) is 56.3 Å². The van der Waals surface area contributed by atoms with Crippen molar-refractivity contribution in [2.45, 2.75) is 71.1 Å². The smallest absolute Gasteiger partial charge is 0.202 e. The summed E-state index contributed by atoms with van der Waals surface area (Å²) in [6, 6.07) is 7.02. The Labute approximate surface area is 163 Å². The Morgan fingerprint density at radius 3 is 1.92 bits per heavy atom. The molecule has 0 heterocycles. The van der Waals surface area contributed by atoms with Crippen molar-refractivity contribution >= 4 is 29.2 Å². The lowest BCUT2D eigenvalue weighted by Crippen LogP contribution is -2.46. The first-order chi connectivity index (χ1) is 12.6. The molecule has 1 aromatic carbocycles. The summed E-state index contributed by atoms with van der Waals surface area (Å²) in [5.74, 6) is 0.0902. The highest BCUT2D eigenvalue weighted by molar-refractivity contribution is 6.30. The van der Waals surface area contributed by atoms with Crippen molar-refractivity contribution in [2.75, 3.05) is 11.4 Å². The van der Waals surface area contributed by atoms with E-state index < -0.39 is 0 Å². The fourth-order valence-corrected chi connectivity index (χ4v) is 2.97. The van der Waals surface area contributed by atoms with E-state index in [9.17, 15) is 0 Å². The second kappa shape index (κ2) is 13.5. The number of benzene rings is 1. The molecule has 0 saturated heterocycles. The molecule has 0 aromatic heterocycles. The van der Waals surface area contributed by atoms with Gasteiger partial charge in [0, 0.05) is 11.6 Å². The number of rotatable bonds is 12. The van der Waals surface area contributed by atoms with Crippen LogP contribution >= 0.6 is 11.6 Å².